The molecule has 0 unspecified atom stereocenters. The van der Waals surface area contributed by atoms with Gasteiger partial charge >= 0.3 is 0 Å². The molecule has 5 rings (SSSR count). The minimum atomic E-state index is -0.181. The number of ether oxygens (including phenoxy) is 1. The Morgan fingerprint density at radius 3 is 2.65 bits per heavy atom. The largest absolute Gasteiger partial charge is 0.457 e. The van der Waals surface area contributed by atoms with E-state index in [2.05, 4.69) is 32.7 Å². The summed E-state index contributed by atoms with van der Waals surface area (Å²) in [6, 6.07) is 21.9. The number of aryl methyl sites for hydroxylation is 2. The number of imidazole rings is 1. The number of benzene rings is 3. The maximum Gasteiger partial charge on any atom is 0.255 e. The van der Waals surface area contributed by atoms with Crippen molar-refractivity contribution in [1.29, 1.82) is 0 Å². The van der Waals surface area contributed by atoms with Crippen molar-refractivity contribution in [2.24, 2.45) is 0 Å². The van der Waals surface area contributed by atoms with Gasteiger partial charge in [-0.3, -0.25) is 9.69 Å². The van der Waals surface area contributed by atoms with E-state index < -0.39 is 0 Å². The van der Waals surface area contributed by atoms with Gasteiger partial charge in [0.2, 0.25) is 0 Å². The third-order valence-corrected chi connectivity index (χ3v) is 6.75. The van der Waals surface area contributed by atoms with E-state index in [9.17, 15) is 4.79 Å². The smallest absolute Gasteiger partial charge is 0.255 e. The number of nitrogens with zero attached hydrogens (tertiary/aromatic N) is 3. The van der Waals surface area contributed by atoms with Gasteiger partial charge < -0.3 is 19.9 Å². The van der Waals surface area contributed by atoms with Crippen molar-refractivity contribution in [3.63, 3.8) is 0 Å². The van der Waals surface area contributed by atoms with E-state index in [1.807, 2.05) is 80.2 Å². The zero-order valence-corrected chi connectivity index (χ0v) is 21.6. The zero-order chi connectivity index (χ0) is 25.8. The van der Waals surface area contributed by atoms with Gasteiger partial charge in [0.1, 0.15) is 11.5 Å². The van der Waals surface area contributed by atoms with Crippen LogP contribution in [0.4, 0.5) is 5.69 Å². The van der Waals surface area contributed by atoms with Gasteiger partial charge in [-0.2, -0.15) is 0 Å². The molecule has 7 heteroatoms. The van der Waals surface area contributed by atoms with Crippen LogP contribution in [0.15, 0.2) is 79.3 Å². The van der Waals surface area contributed by atoms with Gasteiger partial charge in [0.05, 0.1) is 12.0 Å². The lowest BCUT2D eigenvalue weighted by atomic mass is 10.1. The molecule has 1 fully saturated rings. The van der Waals surface area contributed by atoms with Crippen LogP contribution < -0.4 is 15.4 Å². The first kappa shape index (κ1) is 24.7. The van der Waals surface area contributed by atoms with E-state index in [-0.39, 0.29) is 5.91 Å². The summed E-state index contributed by atoms with van der Waals surface area (Å²) < 4.78 is 8.03. The molecule has 1 atom stereocenters. The highest BCUT2D eigenvalue weighted by Gasteiger charge is 2.21. The lowest BCUT2D eigenvalue weighted by Crippen LogP contribution is -2.29. The number of para-hydroxylation sites is 1. The average Bonchev–Trinajstić information content (AvgIpc) is 3.54. The van der Waals surface area contributed by atoms with Crippen molar-refractivity contribution in [3.8, 4) is 17.2 Å². The van der Waals surface area contributed by atoms with E-state index in [1.165, 1.54) is 0 Å². The molecule has 0 bridgehead atoms. The molecule has 2 N–H and O–H groups in total. The molecule has 4 aromatic rings. The lowest BCUT2D eigenvalue weighted by Gasteiger charge is -2.18. The first-order chi connectivity index (χ1) is 18.0. The fourth-order valence-corrected chi connectivity index (χ4v) is 4.69. The molecule has 7 nitrogen and oxygen atoms in total. The number of anilines is 1. The normalized spacial score (nSPS) is 15.6. The Morgan fingerprint density at radius 2 is 1.92 bits per heavy atom. The molecule has 1 aromatic heterocycles. The van der Waals surface area contributed by atoms with E-state index >= 15 is 0 Å². The molecule has 0 saturated carbocycles. The number of carbonyl (C=O) groups excluding carboxylic acids is 1. The van der Waals surface area contributed by atoms with Gasteiger partial charge in [-0.25, -0.2) is 4.98 Å². The van der Waals surface area contributed by atoms with Crippen molar-refractivity contribution in [1.82, 2.24) is 19.8 Å². The van der Waals surface area contributed by atoms with Gasteiger partial charge in [-0.1, -0.05) is 24.3 Å². The molecule has 3 aromatic carbocycles. The first-order valence-electron chi connectivity index (χ1n) is 12.7. The molecular weight excluding hydrogens is 462 g/mol. The molecule has 1 amide bonds. The summed E-state index contributed by atoms with van der Waals surface area (Å²) in [6.45, 7) is 6.83. The van der Waals surface area contributed by atoms with Crippen molar-refractivity contribution < 1.29 is 9.53 Å². The Kier molecular flexibility index (Phi) is 7.35. The van der Waals surface area contributed by atoms with E-state index in [0.717, 1.165) is 60.0 Å². The maximum atomic E-state index is 13.3. The molecule has 0 radical (unpaired) electrons. The van der Waals surface area contributed by atoms with Gasteiger partial charge in [0.25, 0.3) is 5.91 Å². The number of aromatic nitrogens is 2. The molecule has 190 valence electrons. The number of likely N-dealkylation sites (tertiary alicyclic amines) is 1. The Labute approximate surface area is 218 Å². The highest BCUT2D eigenvalue weighted by atomic mass is 16.5. The number of hydrogen-bond acceptors (Lipinski definition) is 5. The van der Waals surface area contributed by atoms with Crippen LogP contribution in [0.25, 0.3) is 5.69 Å². The van der Waals surface area contributed by atoms with E-state index in [0.29, 0.717) is 17.4 Å². The van der Waals surface area contributed by atoms with Gasteiger partial charge in [0.15, 0.2) is 0 Å². The fourth-order valence-electron chi connectivity index (χ4n) is 4.69. The summed E-state index contributed by atoms with van der Waals surface area (Å²) in [5, 5.41) is 6.49. The van der Waals surface area contributed by atoms with Crippen LogP contribution in [-0.2, 0) is 6.54 Å². The number of hydrogen-bond donors (Lipinski definition) is 2. The summed E-state index contributed by atoms with van der Waals surface area (Å²) in [6.07, 6.45) is 4.94. The number of nitrogens with one attached hydrogen (secondary N) is 2. The Balaban J connectivity index is 1.39. The predicted molar refractivity (Wildman–Crippen MR) is 147 cm³/mol. The molecular formula is C30H33N5O2. The minimum absolute atomic E-state index is 0.181. The number of amides is 1. The SMILES string of the molecule is CN[C@H]1CCN(Cc2cc(NC(=O)c3ccc(C)c(Oc4ccccc4)c3)cc(-n3cnc(C)c3)c2)C1. The van der Waals surface area contributed by atoms with E-state index in [4.69, 9.17) is 4.74 Å². The highest BCUT2D eigenvalue weighted by Crippen LogP contribution is 2.27. The van der Waals surface area contributed by atoms with Crippen molar-refractivity contribution in [2.45, 2.75) is 32.9 Å². The Morgan fingerprint density at radius 1 is 1.08 bits per heavy atom. The molecule has 2 heterocycles. The second-order valence-electron chi connectivity index (χ2n) is 9.67. The quantitative estimate of drug-likeness (QED) is 0.346. The second kappa shape index (κ2) is 11.0. The Hall–Kier alpha value is -3.94. The van der Waals surface area contributed by atoms with Crippen LogP contribution in [0.1, 0.15) is 33.6 Å². The second-order valence-corrected chi connectivity index (χ2v) is 9.67. The van der Waals surface area contributed by atoms with Crippen molar-refractivity contribution in [2.75, 3.05) is 25.5 Å². The van der Waals surface area contributed by atoms with Crippen LogP contribution in [0, 0.1) is 13.8 Å². The predicted octanol–water partition coefficient (Wildman–Crippen LogP) is 5.33. The fraction of sp³-hybridized carbons (Fsp3) is 0.267. The summed E-state index contributed by atoms with van der Waals surface area (Å²) in [5.41, 5.74) is 5.31. The monoisotopic (exact) mass is 495 g/mol. The van der Waals surface area contributed by atoms with Crippen molar-refractivity contribution >= 4 is 11.6 Å². The first-order valence-corrected chi connectivity index (χ1v) is 12.7. The minimum Gasteiger partial charge on any atom is -0.457 e. The zero-order valence-electron chi connectivity index (χ0n) is 21.6. The van der Waals surface area contributed by atoms with Crippen LogP contribution in [0.2, 0.25) is 0 Å². The molecule has 1 aliphatic heterocycles. The molecule has 1 aliphatic rings. The summed E-state index contributed by atoms with van der Waals surface area (Å²) in [5.74, 6) is 1.22. The Bertz CT molecular complexity index is 1380. The number of rotatable bonds is 8. The van der Waals surface area contributed by atoms with E-state index in [1.54, 1.807) is 12.4 Å². The van der Waals surface area contributed by atoms with Crippen LogP contribution >= 0.6 is 0 Å². The number of carbonyl (C=O) groups is 1. The average molecular weight is 496 g/mol. The topological polar surface area (TPSA) is 71.4 Å². The summed E-state index contributed by atoms with van der Waals surface area (Å²) >= 11 is 0. The van der Waals surface area contributed by atoms with Crippen molar-refractivity contribution in [3.05, 3.63) is 102 Å². The van der Waals surface area contributed by atoms with Gasteiger partial charge in [-0.05, 0) is 80.9 Å². The van der Waals surface area contributed by atoms with Gasteiger partial charge in [-0.15, -0.1) is 0 Å². The third-order valence-electron chi connectivity index (χ3n) is 6.75. The summed E-state index contributed by atoms with van der Waals surface area (Å²) in [4.78, 5) is 20.1. The number of likely N-dealkylation sites (N-methyl/N-ethyl adjacent to an activating group) is 1. The third kappa shape index (κ3) is 6.07. The van der Waals surface area contributed by atoms with Crippen LogP contribution in [0.5, 0.6) is 11.5 Å². The molecule has 37 heavy (non-hydrogen) atoms. The molecule has 0 spiro atoms. The highest BCUT2D eigenvalue weighted by molar-refractivity contribution is 6.04. The lowest BCUT2D eigenvalue weighted by molar-refractivity contribution is 0.102. The maximum absolute atomic E-state index is 13.3. The molecule has 0 aliphatic carbocycles. The summed E-state index contributed by atoms with van der Waals surface area (Å²) in [7, 11) is 2.02. The standard InChI is InChI=1S/C30H33N5O2/c1-21-9-10-24(15-29(21)37-28-7-5-4-6-8-28)30(36)33-26-13-23(18-34-12-11-25(19-34)31-3)14-27(16-26)35-17-22(2)32-20-35/h4-10,13-17,20,25,31H,11-12,18-19H2,1-3H3,(H,33,36)/t25-/m0/s1. The molecule has 1 saturated heterocycles. The van der Waals surface area contributed by atoms with Crippen LogP contribution in [-0.4, -0.2) is 46.5 Å². The van der Waals surface area contributed by atoms with Crippen LogP contribution in [0.3, 0.4) is 0 Å². The van der Waals surface area contributed by atoms with Gasteiger partial charge in [0, 0.05) is 48.8 Å².